The second kappa shape index (κ2) is 23.5. The number of thiophene rings is 1. The molecule has 0 atom stereocenters. The van der Waals surface area contributed by atoms with E-state index in [0.29, 0.717) is 0 Å². The minimum Gasteiger partial charge on any atom is -0.344 e. The maximum atomic E-state index is 4.77. The Bertz CT molecular complexity index is 4760. The van der Waals surface area contributed by atoms with Crippen molar-refractivity contribution in [3.8, 4) is 61.6 Å². The number of aryl methyl sites for hydroxylation is 1. The number of rotatable bonds is 12. The van der Waals surface area contributed by atoms with E-state index in [-0.39, 0.29) is 0 Å². The molecule has 0 fully saturated rings. The van der Waals surface area contributed by atoms with Crippen LogP contribution in [0.5, 0.6) is 0 Å². The topological polar surface area (TPSA) is 59.7 Å². The normalized spacial score (nSPS) is 11.7. The van der Waals surface area contributed by atoms with Gasteiger partial charge in [0.1, 0.15) is 0 Å². The van der Waals surface area contributed by atoms with Gasteiger partial charge in [-0.05, 0) is 174 Å². The van der Waals surface area contributed by atoms with Gasteiger partial charge >= 0.3 is 0 Å². The lowest BCUT2D eigenvalue weighted by Gasteiger charge is -2.24. The predicted octanol–water partition coefficient (Wildman–Crippen LogP) is 20.5. The number of benzene rings is 8. The number of anilines is 2. The highest BCUT2D eigenvalue weighted by molar-refractivity contribution is 7.25. The third-order valence-corrected chi connectivity index (χ3v) is 16.7. The van der Waals surface area contributed by atoms with Crippen molar-refractivity contribution in [2.45, 2.75) is 13.8 Å². The largest absolute Gasteiger partial charge is 0.344 e. The average molecular weight is 1100 g/mol. The Labute approximate surface area is 494 Å². The quantitative estimate of drug-likeness (QED) is 0.114. The molecule has 14 rings (SSSR count). The summed E-state index contributed by atoms with van der Waals surface area (Å²) < 4.78 is 4.93. The van der Waals surface area contributed by atoms with Crippen molar-refractivity contribution in [2.24, 2.45) is 0 Å². The molecule has 0 radical (unpaired) electrons. The van der Waals surface area contributed by atoms with Gasteiger partial charge in [0.15, 0.2) is 0 Å². The maximum Gasteiger partial charge on any atom is 0.0708 e. The van der Waals surface area contributed by atoms with Crippen molar-refractivity contribution in [3.63, 3.8) is 0 Å². The van der Waals surface area contributed by atoms with Gasteiger partial charge in [-0.15, -0.1) is 11.3 Å². The second-order valence-electron chi connectivity index (χ2n) is 20.7. The molecule has 0 N–H and O–H groups in total. The van der Waals surface area contributed by atoms with E-state index in [1.54, 1.807) is 6.20 Å². The van der Waals surface area contributed by atoms with Gasteiger partial charge in [0, 0.05) is 108 Å². The summed E-state index contributed by atoms with van der Waals surface area (Å²) >= 11 is 1.84. The first-order valence-electron chi connectivity index (χ1n) is 28.2. The van der Waals surface area contributed by atoms with E-state index in [0.717, 1.165) is 123 Å². The van der Waals surface area contributed by atoms with Crippen molar-refractivity contribution in [2.75, 3.05) is 11.9 Å². The summed E-state index contributed by atoms with van der Waals surface area (Å²) in [5.74, 6) is 0. The van der Waals surface area contributed by atoms with Crippen molar-refractivity contribution < 1.29 is 0 Å². The first-order valence-corrected chi connectivity index (χ1v) is 29.0. The Morgan fingerprint density at radius 3 is 1.63 bits per heavy atom. The van der Waals surface area contributed by atoms with Crippen LogP contribution in [0.2, 0.25) is 0 Å². The Morgan fingerprint density at radius 1 is 0.452 bits per heavy atom. The maximum absolute atomic E-state index is 4.77. The zero-order valence-electron chi connectivity index (χ0n) is 46.9. The fourth-order valence-corrected chi connectivity index (χ4v) is 12.6. The molecule has 6 nitrogen and oxygen atoms in total. The predicted molar refractivity (Wildman–Crippen MR) is 356 cm³/mol. The summed E-state index contributed by atoms with van der Waals surface area (Å²) in [6.45, 7) is 8.30. The monoisotopic (exact) mass is 1100 g/mol. The summed E-state index contributed by atoms with van der Waals surface area (Å²) in [6, 6.07) is 86.4. The van der Waals surface area contributed by atoms with E-state index in [1.807, 2.05) is 97.5 Å². The molecular formula is C77H58N6S. The van der Waals surface area contributed by atoms with Crippen molar-refractivity contribution in [1.82, 2.24) is 24.5 Å². The molecule has 0 saturated heterocycles. The first kappa shape index (κ1) is 52.8. The number of allylic oxidation sites excluding steroid dienone is 5. The number of hydrogen-bond donors (Lipinski definition) is 0. The van der Waals surface area contributed by atoms with E-state index in [9.17, 15) is 0 Å². The summed E-state index contributed by atoms with van der Waals surface area (Å²) in [4.78, 5) is 20.6. The Morgan fingerprint density at radius 2 is 1.02 bits per heavy atom. The molecule has 6 heterocycles. The van der Waals surface area contributed by atoms with Gasteiger partial charge in [0.2, 0.25) is 0 Å². The molecular weight excluding hydrogens is 1040 g/mol. The third kappa shape index (κ3) is 10.3. The SMILES string of the molecule is C=C/C(=C(\C=C/C)c1ccc2c(c1)c1cc(-c3ccccc3-c3ccccn3)ccc1n2-c1ccc2sc3ccc(N(C)c4ccc(-c5ccccc5-c5ccccn5)cc4-c4ccccc4)cc3c2c1)c1ccccn1.Cc1ccccn1. The molecule has 0 amide bonds. The first-order chi connectivity index (χ1) is 41.4. The molecule has 8 aromatic carbocycles. The van der Waals surface area contributed by atoms with Crippen molar-refractivity contribution in [3.05, 3.63) is 309 Å². The molecule has 0 aliphatic heterocycles. The van der Waals surface area contributed by atoms with Crippen LogP contribution in [0.4, 0.5) is 11.4 Å². The van der Waals surface area contributed by atoms with Gasteiger partial charge in [-0.1, -0.05) is 146 Å². The molecule has 7 heteroatoms. The van der Waals surface area contributed by atoms with Gasteiger partial charge in [0.25, 0.3) is 0 Å². The van der Waals surface area contributed by atoms with Crippen LogP contribution in [-0.2, 0) is 0 Å². The standard InChI is InChI=1S/C71H51N5S.C6H7N/c1-4-19-54(53(5-2)64-26-13-16-39-72-64)49-30-35-68-60(43-49)61-44-50(56-23-10-12-25-58(56)66-28-15-18-41-74-66)31-36-69(61)76(68)52-33-38-71-63(46-52)62-45-51(32-37-70(62)77-71)75(3)67-34-29-48(42-59(67)47-20-7-6-8-21-47)55-22-9-11-24-57(55)65-27-14-17-40-73-65;1-6-4-2-3-5-7-6/h4-46H,2H2,1,3H3;2-5H,1H3/b19-4-,54-53-;. The molecule has 0 saturated carbocycles. The molecule has 402 valence electrons. The van der Waals surface area contributed by atoms with E-state index in [4.69, 9.17) is 15.0 Å². The van der Waals surface area contributed by atoms with E-state index < -0.39 is 0 Å². The highest BCUT2D eigenvalue weighted by atomic mass is 32.1. The number of nitrogens with zero attached hydrogens (tertiary/aromatic N) is 6. The fraction of sp³-hybridized carbons (Fsp3) is 0.0390. The van der Waals surface area contributed by atoms with Gasteiger partial charge in [-0.3, -0.25) is 19.9 Å². The van der Waals surface area contributed by atoms with Crippen molar-refractivity contribution in [1.29, 1.82) is 0 Å². The van der Waals surface area contributed by atoms with Gasteiger partial charge in [-0.2, -0.15) is 0 Å². The zero-order valence-corrected chi connectivity index (χ0v) is 47.8. The average Bonchev–Trinajstić information content (AvgIpc) is 3.99. The summed E-state index contributed by atoms with van der Waals surface area (Å²) in [7, 11) is 2.19. The van der Waals surface area contributed by atoms with Gasteiger partial charge < -0.3 is 9.47 Å². The lowest BCUT2D eigenvalue weighted by atomic mass is 9.93. The number of aromatic nitrogens is 5. The van der Waals surface area contributed by atoms with Crippen LogP contribution in [0.1, 0.15) is 23.9 Å². The fourth-order valence-electron chi connectivity index (χ4n) is 11.5. The summed E-state index contributed by atoms with van der Waals surface area (Å²) in [5, 5.41) is 4.76. The zero-order chi connectivity index (χ0) is 56.9. The number of hydrogen-bond acceptors (Lipinski definition) is 6. The van der Waals surface area contributed by atoms with Gasteiger partial charge in [-0.25, -0.2) is 0 Å². The van der Waals surface area contributed by atoms with Crippen LogP contribution in [0, 0.1) is 6.92 Å². The van der Waals surface area contributed by atoms with Crippen LogP contribution >= 0.6 is 11.3 Å². The molecule has 0 unspecified atom stereocenters. The molecule has 0 aliphatic carbocycles. The lowest BCUT2D eigenvalue weighted by molar-refractivity contribution is 1.19. The molecule has 0 aliphatic rings. The third-order valence-electron chi connectivity index (χ3n) is 15.5. The molecule has 14 aromatic rings. The van der Waals surface area contributed by atoms with Crippen LogP contribution in [0.3, 0.4) is 0 Å². The summed E-state index contributed by atoms with van der Waals surface area (Å²) in [5.41, 5.74) is 21.6. The number of pyridine rings is 4. The lowest BCUT2D eigenvalue weighted by Crippen LogP contribution is -2.10. The van der Waals surface area contributed by atoms with Crippen LogP contribution in [0.25, 0.3) is 115 Å². The Kier molecular flexibility index (Phi) is 14.7. The minimum absolute atomic E-state index is 0.880. The highest BCUT2D eigenvalue weighted by Crippen LogP contribution is 2.45. The Balaban J connectivity index is 0.000000878. The minimum atomic E-state index is 0.880. The smallest absolute Gasteiger partial charge is 0.0708 e. The molecule has 84 heavy (non-hydrogen) atoms. The highest BCUT2D eigenvalue weighted by Gasteiger charge is 2.21. The molecule has 0 spiro atoms. The van der Waals surface area contributed by atoms with Gasteiger partial charge in [0.05, 0.1) is 28.1 Å². The van der Waals surface area contributed by atoms with E-state index >= 15 is 0 Å². The number of fused-ring (bicyclic) bond motifs is 6. The van der Waals surface area contributed by atoms with E-state index in [1.165, 1.54) is 20.2 Å². The van der Waals surface area contributed by atoms with Crippen molar-refractivity contribution >= 4 is 75.8 Å². The van der Waals surface area contributed by atoms with Crippen LogP contribution < -0.4 is 4.90 Å². The summed E-state index contributed by atoms with van der Waals surface area (Å²) in [6.07, 6.45) is 13.5. The van der Waals surface area contributed by atoms with Crippen LogP contribution in [-0.4, -0.2) is 31.6 Å². The van der Waals surface area contributed by atoms with Crippen LogP contribution in [0.15, 0.2) is 292 Å². The molecule has 6 aromatic heterocycles. The second-order valence-corrected chi connectivity index (χ2v) is 21.7. The molecule has 0 bridgehead atoms. The Hall–Kier alpha value is -10.6. The van der Waals surface area contributed by atoms with E-state index in [2.05, 4.69) is 235 Å².